The summed E-state index contributed by atoms with van der Waals surface area (Å²) in [7, 11) is 1.28. The van der Waals surface area contributed by atoms with Crippen molar-refractivity contribution >= 4 is 5.91 Å². The number of benzene rings is 1. The van der Waals surface area contributed by atoms with Crippen LogP contribution in [0.25, 0.3) is 0 Å². The molecule has 136 valence electrons. The van der Waals surface area contributed by atoms with Crippen molar-refractivity contribution in [1.82, 2.24) is 15.1 Å². The van der Waals surface area contributed by atoms with E-state index in [-0.39, 0.29) is 22.9 Å². The van der Waals surface area contributed by atoms with E-state index in [1.807, 2.05) is 13.8 Å². The minimum Gasteiger partial charge on any atom is -0.494 e. The zero-order chi connectivity index (χ0) is 18.7. The van der Waals surface area contributed by atoms with Crippen molar-refractivity contribution in [2.24, 2.45) is 0 Å². The van der Waals surface area contributed by atoms with Crippen LogP contribution < -0.4 is 10.1 Å². The van der Waals surface area contributed by atoms with E-state index >= 15 is 0 Å². The Morgan fingerprint density at radius 3 is 2.48 bits per heavy atom. The molecule has 25 heavy (non-hydrogen) atoms. The molecule has 0 aliphatic rings. The van der Waals surface area contributed by atoms with Crippen molar-refractivity contribution in [3.63, 3.8) is 0 Å². The molecule has 1 aromatic carbocycles. The molecule has 0 saturated carbocycles. The lowest BCUT2D eigenvalue weighted by molar-refractivity contribution is 0.0742. The molecule has 8 heteroatoms. The van der Waals surface area contributed by atoms with Crippen LogP contribution >= 0.6 is 0 Å². The number of alkyl halides is 2. The zero-order valence-corrected chi connectivity index (χ0v) is 14.4. The van der Waals surface area contributed by atoms with Crippen molar-refractivity contribution in [3.8, 4) is 5.75 Å². The fourth-order valence-electron chi connectivity index (χ4n) is 2.55. The molecule has 5 nitrogen and oxygen atoms in total. The minimum absolute atomic E-state index is 0.0307. The van der Waals surface area contributed by atoms with Crippen LogP contribution in [0.1, 0.15) is 47.5 Å². The monoisotopic (exact) mass is 355 g/mol. The molecule has 1 amide bonds. The van der Waals surface area contributed by atoms with Gasteiger partial charge < -0.3 is 10.1 Å². The van der Waals surface area contributed by atoms with Gasteiger partial charge in [-0.3, -0.25) is 9.48 Å². The molecule has 1 N–H and O–H groups in total. The Morgan fingerprint density at radius 1 is 1.32 bits per heavy atom. The molecule has 2 aromatic rings. The number of carbonyl (C=O) groups is 1. The first-order valence-corrected chi connectivity index (χ1v) is 7.72. The second kappa shape index (κ2) is 7.58. The van der Waals surface area contributed by atoms with Gasteiger partial charge in [0.05, 0.1) is 18.9 Å². The Hall–Kier alpha value is -2.51. The summed E-state index contributed by atoms with van der Waals surface area (Å²) in [5.74, 6) is -1.52. The molecule has 1 aromatic heterocycles. The van der Waals surface area contributed by atoms with Crippen LogP contribution in [0.5, 0.6) is 5.75 Å². The number of hydrogen-bond donors (Lipinski definition) is 1. The summed E-state index contributed by atoms with van der Waals surface area (Å²) in [6.45, 7) is 5.47. The third-order valence-corrected chi connectivity index (χ3v) is 3.85. The second-order valence-corrected chi connectivity index (χ2v) is 5.86. The van der Waals surface area contributed by atoms with Crippen molar-refractivity contribution < 1.29 is 22.7 Å². The Balaban J connectivity index is 2.27. The number of methoxy groups -OCH3 is 1. The summed E-state index contributed by atoms with van der Waals surface area (Å²) in [4.78, 5) is 12.4. The van der Waals surface area contributed by atoms with Crippen LogP contribution in [0.4, 0.5) is 13.2 Å². The highest BCUT2D eigenvalue weighted by Crippen LogP contribution is 2.26. The number of ether oxygens (including phenoxy) is 1. The first kappa shape index (κ1) is 18.8. The predicted molar refractivity (Wildman–Crippen MR) is 86.5 cm³/mol. The predicted octanol–water partition coefficient (Wildman–Crippen LogP) is 3.66. The topological polar surface area (TPSA) is 56.1 Å². The Bertz CT molecular complexity index is 760. The third-order valence-electron chi connectivity index (χ3n) is 3.85. The van der Waals surface area contributed by atoms with Gasteiger partial charge in [0.1, 0.15) is 6.04 Å². The molecule has 0 bridgehead atoms. The lowest BCUT2D eigenvalue weighted by Crippen LogP contribution is -2.33. The Morgan fingerprint density at radius 2 is 2.00 bits per heavy atom. The molecule has 0 aliphatic carbocycles. The molecule has 1 heterocycles. The van der Waals surface area contributed by atoms with Crippen molar-refractivity contribution in [3.05, 3.63) is 47.0 Å². The van der Waals surface area contributed by atoms with E-state index in [0.717, 1.165) is 6.07 Å². The van der Waals surface area contributed by atoms with Crippen LogP contribution in [-0.4, -0.2) is 29.2 Å². The van der Waals surface area contributed by atoms with E-state index in [2.05, 4.69) is 10.4 Å². The average molecular weight is 355 g/mol. The molecular formula is C17H20F3N3O2. The van der Waals surface area contributed by atoms with Gasteiger partial charge in [-0.05, 0) is 38.5 Å². The maximum Gasteiger partial charge on any atom is 0.262 e. The first-order valence-electron chi connectivity index (χ1n) is 7.72. The Kier molecular flexibility index (Phi) is 5.71. The lowest BCUT2D eigenvalue weighted by Gasteiger charge is -2.19. The van der Waals surface area contributed by atoms with Gasteiger partial charge in [-0.25, -0.2) is 13.2 Å². The normalized spacial score (nSPS) is 12.5. The van der Waals surface area contributed by atoms with Crippen LogP contribution in [-0.2, 0) is 0 Å². The van der Waals surface area contributed by atoms with Gasteiger partial charge in [-0.1, -0.05) is 6.07 Å². The van der Waals surface area contributed by atoms with Gasteiger partial charge in [-0.2, -0.15) is 5.10 Å². The summed E-state index contributed by atoms with van der Waals surface area (Å²) >= 11 is 0. The minimum atomic E-state index is -2.91. The van der Waals surface area contributed by atoms with Crippen LogP contribution in [0.2, 0.25) is 0 Å². The van der Waals surface area contributed by atoms with Crippen LogP contribution in [0.15, 0.2) is 24.4 Å². The molecular weight excluding hydrogens is 335 g/mol. The van der Waals surface area contributed by atoms with Gasteiger partial charge in [0, 0.05) is 11.7 Å². The molecule has 2 rings (SSSR count). The number of halogens is 3. The van der Waals surface area contributed by atoms with E-state index < -0.39 is 24.2 Å². The highest BCUT2D eigenvalue weighted by atomic mass is 19.3. The smallest absolute Gasteiger partial charge is 0.262 e. The first-order chi connectivity index (χ1) is 11.8. The summed E-state index contributed by atoms with van der Waals surface area (Å²) in [6, 6.07) is 1.86. The molecule has 0 radical (unpaired) electrons. The van der Waals surface area contributed by atoms with E-state index in [9.17, 15) is 18.0 Å². The Labute approximate surface area is 143 Å². The van der Waals surface area contributed by atoms with Gasteiger partial charge in [0.2, 0.25) is 0 Å². The lowest BCUT2D eigenvalue weighted by atomic mass is 10.1. The average Bonchev–Trinajstić information content (AvgIpc) is 2.94. The highest BCUT2D eigenvalue weighted by molar-refractivity contribution is 5.95. The van der Waals surface area contributed by atoms with Crippen molar-refractivity contribution in [2.75, 3.05) is 7.11 Å². The van der Waals surface area contributed by atoms with Gasteiger partial charge >= 0.3 is 0 Å². The number of aromatic nitrogens is 2. The van der Waals surface area contributed by atoms with Crippen LogP contribution in [0.3, 0.4) is 0 Å². The highest BCUT2D eigenvalue weighted by Gasteiger charge is 2.27. The maximum atomic E-state index is 13.8. The van der Waals surface area contributed by atoms with E-state index in [1.54, 1.807) is 11.6 Å². The van der Waals surface area contributed by atoms with Crippen molar-refractivity contribution in [1.29, 1.82) is 0 Å². The molecule has 0 fully saturated rings. The number of rotatable bonds is 6. The van der Waals surface area contributed by atoms with E-state index in [4.69, 9.17) is 4.74 Å². The fraction of sp³-hybridized carbons (Fsp3) is 0.412. The summed E-state index contributed by atoms with van der Waals surface area (Å²) in [6.07, 6.45) is -1.57. The maximum absolute atomic E-state index is 13.8. The molecule has 0 unspecified atom stereocenters. The third kappa shape index (κ3) is 3.94. The second-order valence-electron chi connectivity index (χ2n) is 5.86. The van der Waals surface area contributed by atoms with Crippen molar-refractivity contribution in [2.45, 2.75) is 39.3 Å². The standard InChI is InChI=1S/C17H20F3N3O2/c1-9(2)23-10(3)12(8-21-23)17(24)22-15(16(19)20)11-5-6-14(25-4)13(18)7-11/h5-9,15-16H,1-4H3,(H,22,24)/t15-/m1/s1. The van der Waals surface area contributed by atoms with Gasteiger partial charge in [0.25, 0.3) is 12.3 Å². The van der Waals surface area contributed by atoms with E-state index in [1.165, 1.54) is 25.4 Å². The molecule has 0 spiro atoms. The van der Waals surface area contributed by atoms with Gasteiger partial charge in [-0.15, -0.1) is 0 Å². The number of nitrogens with one attached hydrogen (secondary N) is 1. The largest absolute Gasteiger partial charge is 0.494 e. The summed E-state index contributed by atoms with van der Waals surface area (Å²) < 4.78 is 47.0. The summed E-state index contributed by atoms with van der Waals surface area (Å²) in [5, 5.41) is 6.35. The molecule has 1 atom stereocenters. The quantitative estimate of drug-likeness (QED) is 0.860. The summed E-state index contributed by atoms with van der Waals surface area (Å²) in [5.41, 5.74) is 0.727. The molecule has 0 aliphatic heterocycles. The number of carbonyl (C=O) groups excluding carboxylic acids is 1. The number of amides is 1. The SMILES string of the molecule is COc1ccc([C@@H](NC(=O)c2cnn(C(C)C)c2C)C(F)F)cc1F. The number of hydrogen-bond acceptors (Lipinski definition) is 3. The fourth-order valence-corrected chi connectivity index (χ4v) is 2.55. The zero-order valence-electron chi connectivity index (χ0n) is 14.4. The number of nitrogens with zero attached hydrogens (tertiary/aromatic N) is 2. The van der Waals surface area contributed by atoms with E-state index in [0.29, 0.717) is 5.69 Å². The van der Waals surface area contributed by atoms with Gasteiger partial charge in [0.15, 0.2) is 11.6 Å². The van der Waals surface area contributed by atoms with Crippen LogP contribution in [0, 0.1) is 12.7 Å². The molecule has 0 saturated heterocycles.